The standard InChI is InChI=1S/C17H16FNO5S/c1-24-15-5-3-2-4-11(15)10-19-14(9-17(20)21)13-8-12(18)6-7-16(13)25(19,22)23/h2-8,14H,9-10H2,1H3,(H,20,21)/t14-/m0/s1. The lowest BCUT2D eigenvalue weighted by Gasteiger charge is -2.23. The molecule has 0 bridgehead atoms. The van der Waals surface area contributed by atoms with Crippen LogP contribution in [0.25, 0.3) is 0 Å². The maximum atomic E-state index is 13.6. The first-order valence-corrected chi connectivity index (χ1v) is 8.93. The number of hydrogen-bond donors (Lipinski definition) is 1. The van der Waals surface area contributed by atoms with E-state index in [1.165, 1.54) is 13.2 Å². The molecule has 2 aromatic rings. The van der Waals surface area contributed by atoms with Gasteiger partial charge in [-0.15, -0.1) is 0 Å². The maximum Gasteiger partial charge on any atom is 0.305 e. The fourth-order valence-corrected chi connectivity index (χ4v) is 4.86. The predicted molar refractivity (Wildman–Crippen MR) is 87.1 cm³/mol. The summed E-state index contributed by atoms with van der Waals surface area (Å²) in [6.45, 7) is -0.0689. The molecule has 0 saturated carbocycles. The van der Waals surface area contributed by atoms with Crippen LogP contribution in [0.2, 0.25) is 0 Å². The molecule has 25 heavy (non-hydrogen) atoms. The van der Waals surface area contributed by atoms with Gasteiger partial charge in [0.15, 0.2) is 0 Å². The van der Waals surface area contributed by atoms with Gasteiger partial charge in [-0.2, -0.15) is 4.31 Å². The summed E-state index contributed by atoms with van der Waals surface area (Å²) in [7, 11) is -2.46. The number of carboxylic acids is 1. The molecule has 8 heteroatoms. The molecule has 0 aliphatic carbocycles. The molecule has 0 fully saturated rings. The maximum absolute atomic E-state index is 13.6. The van der Waals surface area contributed by atoms with E-state index in [9.17, 15) is 22.7 Å². The third kappa shape index (κ3) is 3.10. The zero-order chi connectivity index (χ0) is 18.2. The van der Waals surface area contributed by atoms with E-state index in [0.29, 0.717) is 11.3 Å². The highest BCUT2D eigenvalue weighted by Gasteiger charge is 2.43. The minimum atomic E-state index is -3.93. The van der Waals surface area contributed by atoms with Gasteiger partial charge in [0, 0.05) is 12.1 Å². The van der Waals surface area contributed by atoms with Gasteiger partial charge in [0.25, 0.3) is 0 Å². The molecule has 1 heterocycles. The van der Waals surface area contributed by atoms with Gasteiger partial charge < -0.3 is 9.84 Å². The van der Waals surface area contributed by atoms with E-state index in [4.69, 9.17) is 4.74 Å². The van der Waals surface area contributed by atoms with Crippen LogP contribution in [0.3, 0.4) is 0 Å². The number of methoxy groups -OCH3 is 1. The van der Waals surface area contributed by atoms with Crippen LogP contribution in [0.4, 0.5) is 4.39 Å². The minimum absolute atomic E-state index is 0.0601. The van der Waals surface area contributed by atoms with Crippen molar-refractivity contribution in [3.05, 3.63) is 59.4 Å². The van der Waals surface area contributed by atoms with E-state index >= 15 is 0 Å². The van der Waals surface area contributed by atoms with Gasteiger partial charge in [0.1, 0.15) is 11.6 Å². The van der Waals surface area contributed by atoms with Crippen LogP contribution in [0, 0.1) is 5.82 Å². The van der Waals surface area contributed by atoms with E-state index in [1.807, 2.05) is 0 Å². The molecule has 1 N–H and O–H groups in total. The predicted octanol–water partition coefficient (Wildman–Crippen LogP) is 2.55. The fraction of sp³-hybridized carbons (Fsp3) is 0.235. The third-order valence-electron chi connectivity index (χ3n) is 4.15. The molecule has 0 unspecified atom stereocenters. The van der Waals surface area contributed by atoms with Crippen LogP contribution in [0.15, 0.2) is 47.4 Å². The number of rotatable bonds is 5. The Labute approximate surface area is 144 Å². The number of ether oxygens (including phenoxy) is 1. The summed E-state index contributed by atoms with van der Waals surface area (Å²) >= 11 is 0. The first-order valence-electron chi connectivity index (χ1n) is 7.49. The molecule has 0 amide bonds. The number of fused-ring (bicyclic) bond motifs is 1. The molecule has 0 saturated heterocycles. The van der Waals surface area contributed by atoms with E-state index in [-0.39, 0.29) is 17.0 Å². The summed E-state index contributed by atoms with van der Waals surface area (Å²) in [5.74, 6) is -1.28. The average Bonchev–Trinajstić information content (AvgIpc) is 2.75. The average molecular weight is 365 g/mol. The zero-order valence-electron chi connectivity index (χ0n) is 13.3. The summed E-state index contributed by atoms with van der Waals surface area (Å²) in [5, 5.41) is 9.18. The Morgan fingerprint density at radius 2 is 2.00 bits per heavy atom. The molecular weight excluding hydrogens is 349 g/mol. The van der Waals surface area contributed by atoms with Crippen LogP contribution >= 0.6 is 0 Å². The molecule has 6 nitrogen and oxygen atoms in total. The van der Waals surface area contributed by atoms with E-state index in [1.54, 1.807) is 24.3 Å². The highest BCUT2D eigenvalue weighted by Crippen LogP contribution is 2.43. The van der Waals surface area contributed by atoms with Gasteiger partial charge in [-0.25, -0.2) is 12.8 Å². The second kappa shape index (κ2) is 6.45. The van der Waals surface area contributed by atoms with Crippen LogP contribution in [-0.2, 0) is 21.4 Å². The molecule has 0 radical (unpaired) electrons. The molecule has 1 atom stereocenters. The Bertz CT molecular complexity index is 928. The summed E-state index contributed by atoms with van der Waals surface area (Å²) in [6.07, 6.45) is -0.454. The van der Waals surface area contributed by atoms with E-state index in [2.05, 4.69) is 0 Å². The van der Waals surface area contributed by atoms with Crippen molar-refractivity contribution in [3.63, 3.8) is 0 Å². The van der Waals surface area contributed by atoms with Crippen molar-refractivity contribution in [2.75, 3.05) is 7.11 Å². The van der Waals surface area contributed by atoms with Gasteiger partial charge in [0.05, 0.1) is 24.5 Å². The number of carbonyl (C=O) groups is 1. The molecule has 1 aliphatic heterocycles. The Hall–Kier alpha value is -2.45. The number of hydrogen-bond acceptors (Lipinski definition) is 4. The largest absolute Gasteiger partial charge is 0.496 e. The monoisotopic (exact) mass is 365 g/mol. The summed E-state index contributed by atoms with van der Waals surface area (Å²) in [6, 6.07) is 9.23. The second-order valence-electron chi connectivity index (χ2n) is 5.66. The van der Waals surface area contributed by atoms with Crippen molar-refractivity contribution >= 4 is 16.0 Å². The molecular formula is C17H16FNO5S. The molecule has 3 rings (SSSR count). The van der Waals surface area contributed by atoms with E-state index < -0.39 is 34.3 Å². The van der Waals surface area contributed by atoms with Crippen molar-refractivity contribution in [2.24, 2.45) is 0 Å². The number of sulfonamides is 1. The number of benzene rings is 2. The van der Waals surface area contributed by atoms with Gasteiger partial charge in [-0.1, -0.05) is 18.2 Å². The number of carboxylic acid groups (broad SMARTS) is 1. The number of para-hydroxylation sites is 1. The topological polar surface area (TPSA) is 83.9 Å². The van der Waals surface area contributed by atoms with Gasteiger partial charge >= 0.3 is 5.97 Å². The number of aliphatic carboxylic acids is 1. The Morgan fingerprint density at radius 1 is 1.28 bits per heavy atom. The normalized spacial score (nSPS) is 18.7. The zero-order valence-corrected chi connectivity index (χ0v) is 14.2. The molecule has 0 spiro atoms. The number of halogens is 1. The van der Waals surface area contributed by atoms with Crippen LogP contribution < -0.4 is 4.74 Å². The molecule has 132 valence electrons. The van der Waals surface area contributed by atoms with Crippen molar-refractivity contribution in [3.8, 4) is 5.75 Å². The summed E-state index contributed by atoms with van der Waals surface area (Å²) in [5.41, 5.74) is 0.759. The van der Waals surface area contributed by atoms with Crippen LogP contribution in [0.1, 0.15) is 23.6 Å². The summed E-state index contributed by atoms with van der Waals surface area (Å²) < 4.78 is 45.7. The van der Waals surface area contributed by atoms with E-state index in [0.717, 1.165) is 16.4 Å². The fourth-order valence-electron chi connectivity index (χ4n) is 3.04. The third-order valence-corrected chi connectivity index (χ3v) is 6.08. The summed E-state index contributed by atoms with van der Waals surface area (Å²) in [4.78, 5) is 11.2. The number of nitrogens with zero attached hydrogens (tertiary/aromatic N) is 1. The van der Waals surface area contributed by atoms with Crippen LogP contribution in [0.5, 0.6) is 5.75 Å². The Kier molecular flexibility index (Phi) is 4.49. The van der Waals surface area contributed by atoms with Gasteiger partial charge in [0.2, 0.25) is 10.0 Å². The van der Waals surface area contributed by atoms with Gasteiger partial charge in [-0.05, 0) is 29.8 Å². The highest BCUT2D eigenvalue weighted by molar-refractivity contribution is 7.89. The SMILES string of the molecule is COc1ccccc1CN1[C@@H](CC(=O)O)c2cc(F)ccc2S1(=O)=O. The lowest BCUT2D eigenvalue weighted by Crippen LogP contribution is -2.29. The quantitative estimate of drug-likeness (QED) is 0.880. The first-order chi connectivity index (χ1) is 11.8. The minimum Gasteiger partial charge on any atom is -0.496 e. The first kappa shape index (κ1) is 17.4. The lowest BCUT2D eigenvalue weighted by atomic mass is 10.0. The molecule has 2 aromatic carbocycles. The second-order valence-corrected chi connectivity index (χ2v) is 7.52. The van der Waals surface area contributed by atoms with Crippen molar-refractivity contribution < 1.29 is 27.4 Å². The van der Waals surface area contributed by atoms with Gasteiger partial charge in [-0.3, -0.25) is 4.79 Å². The molecule has 1 aliphatic rings. The Balaban J connectivity index is 2.09. The highest BCUT2D eigenvalue weighted by atomic mass is 32.2. The van der Waals surface area contributed by atoms with Crippen molar-refractivity contribution in [2.45, 2.75) is 23.9 Å². The molecule has 0 aromatic heterocycles. The Morgan fingerprint density at radius 3 is 2.68 bits per heavy atom. The van der Waals surface area contributed by atoms with Crippen LogP contribution in [-0.4, -0.2) is 30.9 Å². The smallest absolute Gasteiger partial charge is 0.305 e. The van der Waals surface area contributed by atoms with Crippen molar-refractivity contribution in [1.82, 2.24) is 4.31 Å². The lowest BCUT2D eigenvalue weighted by molar-refractivity contribution is -0.138. The van der Waals surface area contributed by atoms with Crippen molar-refractivity contribution in [1.29, 1.82) is 0 Å².